The number of alkyl halides is 1. The van der Waals surface area contributed by atoms with Crippen molar-refractivity contribution in [3.8, 4) is 0 Å². The molecule has 20 heavy (non-hydrogen) atoms. The fourth-order valence-corrected chi connectivity index (χ4v) is 3.79. The van der Waals surface area contributed by atoms with Crippen molar-refractivity contribution < 1.29 is 0 Å². The predicted molar refractivity (Wildman–Crippen MR) is 87.7 cm³/mol. The van der Waals surface area contributed by atoms with Gasteiger partial charge in [-0.2, -0.15) is 0 Å². The molecule has 0 N–H and O–H groups in total. The first kappa shape index (κ1) is 13.9. The van der Waals surface area contributed by atoms with Crippen LogP contribution in [-0.4, -0.2) is 22.0 Å². The van der Waals surface area contributed by atoms with Crippen LogP contribution in [0.1, 0.15) is 44.7 Å². The third-order valence-electron chi connectivity index (χ3n) is 4.35. The van der Waals surface area contributed by atoms with Gasteiger partial charge in [-0.05, 0) is 31.4 Å². The minimum atomic E-state index is 0.639. The highest BCUT2D eigenvalue weighted by Crippen LogP contribution is 2.30. The molecule has 4 heteroatoms. The van der Waals surface area contributed by atoms with Gasteiger partial charge in [0.15, 0.2) is 5.82 Å². The molecule has 1 aliphatic heterocycles. The Morgan fingerprint density at radius 3 is 3.00 bits per heavy atom. The zero-order chi connectivity index (χ0) is 13.9. The highest BCUT2D eigenvalue weighted by Gasteiger charge is 2.24. The lowest BCUT2D eigenvalue weighted by molar-refractivity contribution is 0.552. The Bertz CT molecular complexity index is 578. The lowest BCUT2D eigenvalue weighted by atomic mass is 10.1. The fourth-order valence-electron chi connectivity index (χ4n) is 3.27. The Kier molecular flexibility index (Phi) is 4.29. The van der Waals surface area contributed by atoms with E-state index in [2.05, 4.69) is 56.6 Å². The predicted octanol–water partition coefficient (Wildman–Crippen LogP) is 4.39. The van der Waals surface area contributed by atoms with E-state index >= 15 is 0 Å². The molecule has 0 radical (unpaired) electrons. The van der Waals surface area contributed by atoms with Gasteiger partial charge in [-0.3, -0.25) is 0 Å². The van der Waals surface area contributed by atoms with Gasteiger partial charge in [0.05, 0.1) is 5.69 Å². The first-order valence-electron chi connectivity index (χ1n) is 7.63. The van der Waals surface area contributed by atoms with Crippen molar-refractivity contribution in [3.05, 3.63) is 30.1 Å². The molecule has 1 atom stereocenters. The van der Waals surface area contributed by atoms with E-state index < -0.39 is 0 Å². The molecule has 1 aliphatic rings. The number of halogens is 1. The van der Waals surface area contributed by atoms with Crippen LogP contribution in [0.25, 0.3) is 5.65 Å². The quantitative estimate of drug-likeness (QED) is 0.775. The number of fused-ring (bicyclic) bond motifs is 1. The number of pyridine rings is 1. The Hall–Kier alpha value is -1.03. The molecule has 0 amide bonds. The van der Waals surface area contributed by atoms with E-state index in [4.69, 9.17) is 4.98 Å². The fraction of sp³-hybridized carbons (Fsp3) is 0.562. The van der Waals surface area contributed by atoms with Gasteiger partial charge in [-0.1, -0.05) is 41.8 Å². The van der Waals surface area contributed by atoms with Gasteiger partial charge in [-0.15, -0.1) is 0 Å². The lowest BCUT2D eigenvalue weighted by Crippen LogP contribution is -2.35. The van der Waals surface area contributed by atoms with Crippen LogP contribution < -0.4 is 4.90 Å². The molecule has 0 aromatic carbocycles. The Labute approximate surface area is 129 Å². The topological polar surface area (TPSA) is 20.5 Å². The van der Waals surface area contributed by atoms with E-state index in [0.29, 0.717) is 6.04 Å². The Morgan fingerprint density at radius 2 is 2.20 bits per heavy atom. The van der Waals surface area contributed by atoms with Gasteiger partial charge in [0.1, 0.15) is 5.65 Å². The van der Waals surface area contributed by atoms with Crippen LogP contribution in [-0.2, 0) is 5.33 Å². The maximum Gasteiger partial charge on any atom is 0.152 e. The van der Waals surface area contributed by atoms with Gasteiger partial charge in [0.2, 0.25) is 0 Å². The molecule has 3 rings (SSSR count). The normalized spacial score (nSPS) is 20.3. The molecule has 1 unspecified atom stereocenters. The van der Waals surface area contributed by atoms with Crippen molar-refractivity contribution in [1.82, 2.24) is 9.38 Å². The van der Waals surface area contributed by atoms with Gasteiger partial charge in [-0.25, -0.2) is 4.98 Å². The smallest absolute Gasteiger partial charge is 0.152 e. The average molecular weight is 336 g/mol. The lowest BCUT2D eigenvalue weighted by Gasteiger charge is -2.30. The molecule has 3 heterocycles. The maximum atomic E-state index is 4.91. The Morgan fingerprint density at radius 1 is 1.30 bits per heavy atom. The zero-order valence-corrected chi connectivity index (χ0v) is 13.6. The van der Waals surface area contributed by atoms with Crippen molar-refractivity contribution in [2.24, 2.45) is 0 Å². The maximum absolute atomic E-state index is 4.91. The molecule has 108 valence electrons. The largest absolute Gasteiger partial charge is 0.352 e. The number of nitrogens with zero attached hydrogens (tertiary/aromatic N) is 3. The summed E-state index contributed by atoms with van der Waals surface area (Å²) in [6.45, 7) is 3.44. The van der Waals surface area contributed by atoms with E-state index in [0.717, 1.165) is 17.5 Å². The molecule has 1 saturated heterocycles. The van der Waals surface area contributed by atoms with E-state index in [1.165, 1.54) is 43.6 Å². The second-order valence-electron chi connectivity index (χ2n) is 5.55. The summed E-state index contributed by atoms with van der Waals surface area (Å²) in [5.74, 6) is 1.18. The average Bonchev–Trinajstić information content (AvgIpc) is 2.69. The van der Waals surface area contributed by atoms with E-state index in [9.17, 15) is 0 Å². The molecule has 3 nitrogen and oxygen atoms in total. The van der Waals surface area contributed by atoms with Crippen molar-refractivity contribution in [3.63, 3.8) is 0 Å². The van der Waals surface area contributed by atoms with Crippen molar-refractivity contribution in [1.29, 1.82) is 0 Å². The second-order valence-corrected chi connectivity index (χ2v) is 6.11. The van der Waals surface area contributed by atoms with Gasteiger partial charge in [0.25, 0.3) is 0 Å². The summed E-state index contributed by atoms with van der Waals surface area (Å²) in [5.41, 5.74) is 2.33. The molecular formula is C16H22BrN3. The van der Waals surface area contributed by atoms with Gasteiger partial charge >= 0.3 is 0 Å². The highest BCUT2D eigenvalue weighted by atomic mass is 79.9. The van der Waals surface area contributed by atoms with Crippen LogP contribution >= 0.6 is 15.9 Å². The molecule has 1 fully saturated rings. The van der Waals surface area contributed by atoms with Crippen LogP contribution in [0.15, 0.2) is 24.4 Å². The first-order chi connectivity index (χ1) is 9.85. The van der Waals surface area contributed by atoms with Crippen LogP contribution in [0.2, 0.25) is 0 Å². The zero-order valence-electron chi connectivity index (χ0n) is 12.1. The minimum Gasteiger partial charge on any atom is -0.352 e. The first-order valence-corrected chi connectivity index (χ1v) is 8.76. The number of rotatable bonds is 3. The molecule has 0 bridgehead atoms. The van der Waals surface area contributed by atoms with Crippen molar-refractivity contribution in [2.75, 3.05) is 11.4 Å². The Balaban J connectivity index is 2.06. The summed E-state index contributed by atoms with van der Waals surface area (Å²) in [6.07, 6.45) is 8.60. The standard InChI is InChI=1S/C16H22BrN3/c1-2-13-8-4-3-6-10-19(13)16-14(12-17)20-11-7-5-9-15(20)18-16/h5,7,9,11,13H,2-4,6,8,10,12H2,1H3. The van der Waals surface area contributed by atoms with Crippen molar-refractivity contribution in [2.45, 2.75) is 50.4 Å². The van der Waals surface area contributed by atoms with Crippen molar-refractivity contribution >= 4 is 27.4 Å². The van der Waals surface area contributed by atoms with Crippen LogP contribution in [0.4, 0.5) is 5.82 Å². The highest BCUT2D eigenvalue weighted by molar-refractivity contribution is 9.08. The summed E-state index contributed by atoms with van der Waals surface area (Å²) in [7, 11) is 0. The molecule has 0 aliphatic carbocycles. The second kappa shape index (κ2) is 6.17. The number of hydrogen-bond donors (Lipinski definition) is 0. The third kappa shape index (κ3) is 2.46. The van der Waals surface area contributed by atoms with E-state index in [1.807, 2.05) is 0 Å². The van der Waals surface area contributed by atoms with Crippen LogP contribution in [0, 0.1) is 0 Å². The summed E-state index contributed by atoms with van der Waals surface area (Å²) in [4.78, 5) is 7.46. The number of aromatic nitrogens is 2. The van der Waals surface area contributed by atoms with E-state index in [1.54, 1.807) is 0 Å². The number of imidazole rings is 1. The third-order valence-corrected chi connectivity index (χ3v) is 4.89. The molecular weight excluding hydrogens is 314 g/mol. The molecule has 0 saturated carbocycles. The SMILES string of the molecule is CCC1CCCCCN1c1nc2ccccn2c1CBr. The molecule has 0 spiro atoms. The van der Waals surface area contributed by atoms with Gasteiger partial charge < -0.3 is 9.30 Å². The minimum absolute atomic E-state index is 0.639. The summed E-state index contributed by atoms with van der Waals surface area (Å²) in [5, 5.41) is 0.848. The number of anilines is 1. The van der Waals surface area contributed by atoms with Crippen LogP contribution in [0.5, 0.6) is 0 Å². The van der Waals surface area contributed by atoms with Crippen LogP contribution in [0.3, 0.4) is 0 Å². The molecule has 2 aromatic rings. The summed E-state index contributed by atoms with van der Waals surface area (Å²) >= 11 is 3.65. The van der Waals surface area contributed by atoms with Gasteiger partial charge in [0, 0.05) is 24.1 Å². The monoisotopic (exact) mass is 335 g/mol. The molecule has 2 aromatic heterocycles. The summed E-state index contributed by atoms with van der Waals surface area (Å²) in [6, 6.07) is 6.86. The number of hydrogen-bond acceptors (Lipinski definition) is 2. The van der Waals surface area contributed by atoms with E-state index in [-0.39, 0.29) is 0 Å². The summed E-state index contributed by atoms with van der Waals surface area (Å²) < 4.78 is 2.21.